The number of hydrogen-bond acceptors (Lipinski definition) is 9. The van der Waals surface area contributed by atoms with Gasteiger partial charge >= 0.3 is 0 Å². The van der Waals surface area contributed by atoms with Gasteiger partial charge in [-0.25, -0.2) is 14.4 Å². The lowest BCUT2D eigenvalue weighted by Gasteiger charge is -2.46. The van der Waals surface area contributed by atoms with Crippen molar-refractivity contribution < 1.29 is 4.39 Å². The van der Waals surface area contributed by atoms with E-state index in [-0.39, 0.29) is 34.7 Å². The zero-order valence-electron chi connectivity index (χ0n) is 21.0. The Morgan fingerprint density at radius 1 is 1.29 bits per heavy atom. The van der Waals surface area contributed by atoms with Crippen LogP contribution in [0, 0.1) is 28.1 Å². The van der Waals surface area contributed by atoms with Crippen LogP contribution in [0.4, 0.5) is 27.5 Å². The minimum atomic E-state index is -0.531. The number of aromatic nitrogens is 2. The van der Waals surface area contributed by atoms with E-state index in [9.17, 15) is 9.65 Å². The normalized spacial score (nSPS) is 16.9. The average molecular weight is 481 g/mol. The van der Waals surface area contributed by atoms with Gasteiger partial charge in [-0.15, -0.1) is 0 Å². The summed E-state index contributed by atoms with van der Waals surface area (Å²) >= 11 is 0. The number of nitrogens with one attached hydrogen (secondary N) is 5. The summed E-state index contributed by atoms with van der Waals surface area (Å²) in [7, 11) is 0. The molecule has 0 saturated carbocycles. The van der Waals surface area contributed by atoms with Gasteiger partial charge in [-0.3, -0.25) is 5.41 Å². The Morgan fingerprint density at radius 3 is 2.49 bits per heavy atom. The molecule has 1 saturated heterocycles. The first-order valence-corrected chi connectivity index (χ1v) is 11.5. The van der Waals surface area contributed by atoms with Gasteiger partial charge in [0.1, 0.15) is 29.6 Å². The van der Waals surface area contributed by atoms with E-state index in [0.717, 1.165) is 24.2 Å². The van der Waals surface area contributed by atoms with Crippen LogP contribution in [0.5, 0.6) is 0 Å². The molecule has 1 aromatic carbocycles. The number of piperidine rings is 1. The van der Waals surface area contributed by atoms with E-state index in [1.54, 1.807) is 0 Å². The van der Waals surface area contributed by atoms with Gasteiger partial charge in [-0.1, -0.05) is 19.1 Å². The molecule has 0 spiro atoms. The fourth-order valence-electron chi connectivity index (χ4n) is 4.86. The van der Waals surface area contributed by atoms with Crippen molar-refractivity contribution in [2.24, 2.45) is 5.22 Å². The van der Waals surface area contributed by atoms with E-state index in [2.05, 4.69) is 64.9 Å². The second-order valence-corrected chi connectivity index (χ2v) is 10.5. The van der Waals surface area contributed by atoms with E-state index in [1.807, 2.05) is 13.8 Å². The predicted octanol–water partition coefficient (Wildman–Crippen LogP) is 5.43. The molecule has 5 N–H and O–H groups in total. The third kappa shape index (κ3) is 6.08. The van der Waals surface area contributed by atoms with Crippen LogP contribution in [0.2, 0.25) is 0 Å². The molecule has 35 heavy (non-hydrogen) atoms. The van der Waals surface area contributed by atoms with E-state index in [1.165, 1.54) is 18.3 Å². The third-order valence-electron chi connectivity index (χ3n) is 5.90. The number of rotatable bonds is 8. The molecule has 0 unspecified atom stereocenters. The summed E-state index contributed by atoms with van der Waals surface area (Å²) < 4.78 is 15.0. The van der Waals surface area contributed by atoms with Crippen molar-refractivity contribution in [1.82, 2.24) is 15.3 Å². The summed E-state index contributed by atoms with van der Waals surface area (Å²) in [5, 5.41) is 31.4. The standard InChI is InChI=1S/C24H33FN10/c1-14(2)17-7-18(25)19(8-20(17)35(13-27)34-28)31-22-29-12-15(11-26)21(32-22)30-16-9-23(3,4)33-24(5,6)10-16/h7-8,12-14,16,27-28,33H,9-10H2,1-6H3,(H2,29,30,31,32). The number of nitrogens with zero attached hydrogens (tertiary/aromatic N) is 5. The Bertz CT molecular complexity index is 1130. The topological polar surface area (TPSA) is 149 Å². The molecule has 2 aromatic rings. The van der Waals surface area contributed by atoms with Crippen LogP contribution in [0.25, 0.3) is 0 Å². The highest BCUT2D eigenvalue weighted by Gasteiger charge is 2.38. The third-order valence-corrected chi connectivity index (χ3v) is 5.90. The van der Waals surface area contributed by atoms with Gasteiger partial charge < -0.3 is 16.0 Å². The van der Waals surface area contributed by atoms with Gasteiger partial charge in [-0.2, -0.15) is 15.8 Å². The molecule has 0 amide bonds. The predicted molar refractivity (Wildman–Crippen MR) is 135 cm³/mol. The van der Waals surface area contributed by atoms with Crippen LogP contribution < -0.4 is 21.0 Å². The SMILES string of the molecule is CC(C)c1cc(F)c(Nc2ncc(C#N)c(NC3CC(C)(C)NC(C)(C)C3)n2)cc1N(C=N)N=N. The van der Waals surface area contributed by atoms with Crippen molar-refractivity contribution in [3.63, 3.8) is 0 Å². The maximum atomic E-state index is 15.0. The quantitative estimate of drug-likeness (QED) is 0.146. The summed E-state index contributed by atoms with van der Waals surface area (Å²) in [6.45, 7) is 12.3. The van der Waals surface area contributed by atoms with E-state index in [4.69, 9.17) is 10.9 Å². The van der Waals surface area contributed by atoms with Crippen LogP contribution in [0.3, 0.4) is 0 Å². The Morgan fingerprint density at radius 2 is 1.94 bits per heavy atom. The minimum absolute atomic E-state index is 0.0572. The summed E-state index contributed by atoms with van der Waals surface area (Å²) in [5.41, 5.74) is 8.53. The first kappa shape index (κ1) is 26.0. The largest absolute Gasteiger partial charge is 0.366 e. The van der Waals surface area contributed by atoms with Gasteiger partial charge in [0, 0.05) is 17.1 Å². The molecule has 11 heteroatoms. The minimum Gasteiger partial charge on any atom is -0.366 e. The highest BCUT2D eigenvalue weighted by Crippen LogP contribution is 2.34. The van der Waals surface area contributed by atoms with Crippen molar-refractivity contribution in [3.8, 4) is 6.07 Å². The molecule has 0 atom stereocenters. The number of benzene rings is 1. The van der Waals surface area contributed by atoms with Crippen LogP contribution in [0.1, 0.15) is 71.4 Å². The van der Waals surface area contributed by atoms with Gasteiger partial charge in [0.15, 0.2) is 0 Å². The molecule has 10 nitrogen and oxygen atoms in total. The molecule has 186 valence electrons. The lowest BCUT2D eigenvalue weighted by molar-refractivity contribution is 0.170. The zero-order valence-corrected chi connectivity index (χ0v) is 21.0. The fourth-order valence-corrected chi connectivity index (χ4v) is 4.86. The fraction of sp³-hybridized carbons (Fsp3) is 0.500. The Hall–Kier alpha value is -3.65. The lowest BCUT2D eigenvalue weighted by Crippen LogP contribution is -2.60. The lowest BCUT2D eigenvalue weighted by atomic mass is 9.79. The summed E-state index contributed by atoms with van der Waals surface area (Å²) in [4.78, 5) is 8.67. The van der Waals surface area contributed by atoms with Crippen LogP contribution in [-0.2, 0) is 0 Å². The van der Waals surface area contributed by atoms with Gasteiger partial charge in [-0.05, 0) is 64.2 Å². The molecule has 1 aliphatic rings. The van der Waals surface area contributed by atoms with E-state index < -0.39 is 5.82 Å². The van der Waals surface area contributed by atoms with Crippen molar-refractivity contribution >= 4 is 29.5 Å². The number of anilines is 4. The molecule has 0 bridgehead atoms. The molecule has 0 aliphatic carbocycles. The van der Waals surface area contributed by atoms with Crippen molar-refractivity contribution in [1.29, 1.82) is 16.2 Å². The van der Waals surface area contributed by atoms with E-state index >= 15 is 0 Å². The zero-order chi connectivity index (χ0) is 26.0. The maximum Gasteiger partial charge on any atom is 0.229 e. The van der Waals surface area contributed by atoms with Crippen molar-refractivity contribution in [2.45, 2.75) is 77.4 Å². The Kier molecular flexibility index (Phi) is 7.36. The number of nitriles is 1. The smallest absolute Gasteiger partial charge is 0.229 e. The summed E-state index contributed by atoms with van der Waals surface area (Å²) in [5.74, 6) is -0.0922. The average Bonchev–Trinajstić information content (AvgIpc) is 2.74. The second-order valence-electron chi connectivity index (χ2n) is 10.5. The first-order chi connectivity index (χ1) is 16.4. The number of halogens is 1. The Balaban J connectivity index is 1.94. The Labute approximate surface area is 205 Å². The molecule has 0 radical (unpaired) electrons. The van der Waals surface area contributed by atoms with Gasteiger partial charge in [0.25, 0.3) is 0 Å². The van der Waals surface area contributed by atoms with E-state index in [0.29, 0.717) is 22.6 Å². The molecular formula is C24H33FN10. The highest BCUT2D eigenvalue weighted by atomic mass is 19.1. The highest BCUT2D eigenvalue weighted by molar-refractivity contribution is 5.80. The van der Waals surface area contributed by atoms with Gasteiger partial charge in [0.05, 0.1) is 17.6 Å². The first-order valence-electron chi connectivity index (χ1n) is 11.5. The van der Waals surface area contributed by atoms with Gasteiger partial charge in [0.2, 0.25) is 5.95 Å². The monoisotopic (exact) mass is 480 g/mol. The van der Waals surface area contributed by atoms with Crippen molar-refractivity contribution in [3.05, 3.63) is 35.3 Å². The summed E-state index contributed by atoms with van der Waals surface area (Å²) in [6, 6.07) is 5.02. The molecule has 1 fully saturated rings. The molecule has 1 aromatic heterocycles. The molecule has 3 rings (SSSR count). The molecular weight excluding hydrogens is 447 g/mol. The van der Waals surface area contributed by atoms with Crippen LogP contribution in [-0.4, -0.2) is 33.4 Å². The molecule has 2 heterocycles. The van der Waals surface area contributed by atoms with Crippen molar-refractivity contribution in [2.75, 3.05) is 15.6 Å². The summed E-state index contributed by atoms with van der Waals surface area (Å²) in [6.07, 6.45) is 3.95. The maximum absolute atomic E-state index is 15.0. The molecule has 1 aliphatic heterocycles. The van der Waals surface area contributed by atoms with Crippen LogP contribution >= 0.6 is 0 Å². The second kappa shape index (κ2) is 9.92. The number of hydrogen-bond donors (Lipinski definition) is 5. The van der Waals surface area contributed by atoms with Crippen LogP contribution in [0.15, 0.2) is 23.6 Å².